The van der Waals surface area contributed by atoms with Crippen LogP contribution in [0.5, 0.6) is 0 Å². The van der Waals surface area contributed by atoms with E-state index in [0.29, 0.717) is 5.02 Å². The summed E-state index contributed by atoms with van der Waals surface area (Å²) in [5.41, 5.74) is 3.26. The second-order valence-electron chi connectivity index (χ2n) is 3.86. The van der Waals surface area contributed by atoms with Crippen LogP contribution in [0.15, 0.2) is 35.2 Å². The van der Waals surface area contributed by atoms with Crippen LogP contribution in [0.2, 0.25) is 5.02 Å². The van der Waals surface area contributed by atoms with E-state index in [1.165, 1.54) is 0 Å². The summed E-state index contributed by atoms with van der Waals surface area (Å²) >= 11 is 9.41. The van der Waals surface area contributed by atoms with Gasteiger partial charge in [0.05, 0.1) is 21.9 Å². The van der Waals surface area contributed by atoms with Crippen molar-refractivity contribution in [3.63, 3.8) is 0 Å². The number of halogens is 2. The highest BCUT2D eigenvalue weighted by atomic mass is 79.9. The Morgan fingerprint density at radius 3 is 2.89 bits per heavy atom. The zero-order chi connectivity index (χ0) is 12.7. The number of fused-ring (bicyclic) bond motifs is 1. The number of nitrogens with zero attached hydrogens (tertiary/aromatic N) is 4. The highest BCUT2D eigenvalue weighted by molar-refractivity contribution is 9.10. The predicted octanol–water partition coefficient (Wildman–Crippen LogP) is 3.54. The molecular weight excluding hydrogens is 316 g/mol. The lowest BCUT2D eigenvalue weighted by Crippen LogP contribution is -1.98. The summed E-state index contributed by atoms with van der Waals surface area (Å²) in [5.74, 6) is 0. The van der Waals surface area contributed by atoms with Crippen LogP contribution in [0, 0.1) is 6.92 Å². The number of hydrogen-bond acceptors (Lipinski definition) is 3. The zero-order valence-corrected chi connectivity index (χ0v) is 11.8. The summed E-state index contributed by atoms with van der Waals surface area (Å²) in [4.78, 5) is 8.67. The summed E-state index contributed by atoms with van der Waals surface area (Å²) in [5, 5.41) is 4.99. The molecule has 0 atom stereocenters. The fourth-order valence-electron chi connectivity index (χ4n) is 1.74. The Labute approximate surface area is 117 Å². The largest absolute Gasteiger partial charge is 0.254 e. The van der Waals surface area contributed by atoms with Crippen molar-refractivity contribution in [2.24, 2.45) is 0 Å². The maximum atomic E-state index is 6.03. The van der Waals surface area contributed by atoms with E-state index in [9.17, 15) is 0 Å². The van der Waals surface area contributed by atoms with Crippen LogP contribution in [-0.2, 0) is 0 Å². The summed E-state index contributed by atoms with van der Waals surface area (Å²) in [6.45, 7) is 1.87. The summed E-state index contributed by atoms with van der Waals surface area (Å²) < 4.78 is 2.62. The molecule has 0 spiro atoms. The topological polar surface area (TPSA) is 43.6 Å². The Morgan fingerprint density at radius 2 is 2.17 bits per heavy atom. The lowest BCUT2D eigenvalue weighted by atomic mass is 10.3. The zero-order valence-electron chi connectivity index (χ0n) is 9.43. The minimum atomic E-state index is 0.636. The normalized spacial score (nSPS) is 11.1. The third kappa shape index (κ3) is 1.89. The number of aryl methyl sites for hydroxylation is 1. The highest BCUT2D eigenvalue weighted by Crippen LogP contribution is 2.23. The average molecular weight is 324 g/mol. The van der Waals surface area contributed by atoms with Crippen LogP contribution in [-0.4, -0.2) is 19.7 Å². The van der Waals surface area contributed by atoms with E-state index in [1.807, 2.05) is 19.1 Å². The maximum Gasteiger partial charge on any atom is 0.114 e. The number of hydrogen-bond donors (Lipinski definition) is 0. The van der Waals surface area contributed by atoms with Gasteiger partial charge in [-0.05, 0) is 35.0 Å². The predicted molar refractivity (Wildman–Crippen MR) is 74.1 cm³/mol. The first-order valence-electron chi connectivity index (χ1n) is 5.27. The van der Waals surface area contributed by atoms with Crippen LogP contribution in [0.3, 0.4) is 0 Å². The highest BCUT2D eigenvalue weighted by Gasteiger charge is 2.09. The Morgan fingerprint density at radius 1 is 1.33 bits per heavy atom. The third-order valence-electron chi connectivity index (χ3n) is 2.61. The summed E-state index contributed by atoms with van der Waals surface area (Å²) in [6, 6.07) is 3.79. The van der Waals surface area contributed by atoms with E-state index >= 15 is 0 Å². The molecule has 0 bridgehead atoms. The molecule has 6 heteroatoms. The number of pyridine rings is 2. The second-order valence-corrected chi connectivity index (χ2v) is 5.18. The first-order valence-corrected chi connectivity index (χ1v) is 6.44. The minimum absolute atomic E-state index is 0.636. The summed E-state index contributed by atoms with van der Waals surface area (Å²) in [6.07, 6.45) is 5.25. The van der Waals surface area contributed by atoms with Gasteiger partial charge in [-0.3, -0.25) is 9.97 Å². The molecule has 0 N–H and O–H groups in total. The van der Waals surface area contributed by atoms with Gasteiger partial charge in [-0.25, -0.2) is 4.68 Å². The van der Waals surface area contributed by atoms with Crippen LogP contribution < -0.4 is 0 Å². The van der Waals surface area contributed by atoms with Gasteiger partial charge in [-0.15, -0.1) is 0 Å². The Kier molecular flexibility index (Phi) is 2.80. The van der Waals surface area contributed by atoms with Crippen LogP contribution >= 0.6 is 27.5 Å². The number of aromatic nitrogens is 4. The Balaban J connectivity index is 2.29. The molecule has 0 aliphatic heterocycles. The molecule has 90 valence electrons. The average Bonchev–Trinajstić information content (AvgIpc) is 2.68. The fourth-order valence-corrected chi connectivity index (χ4v) is 2.19. The van der Waals surface area contributed by atoms with E-state index in [2.05, 4.69) is 31.0 Å². The molecule has 3 heterocycles. The van der Waals surface area contributed by atoms with Gasteiger partial charge in [0.25, 0.3) is 0 Å². The molecule has 0 saturated heterocycles. The van der Waals surface area contributed by atoms with Gasteiger partial charge in [-0.2, -0.15) is 5.10 Å². The van der Waals surface area contributed by atoms with Gasteiger partial charge in [0.15, 0.2) is 0 Å². The van der Waals surface area contributed by atoms with E-state index in [-0.39, 0.29) is 0 Å². The molecule has 0 amide bonds. The standard InChI is InChI=1S/C12H8BrClN4/c1-7-9(14)6-18(17-7)11-2-3-15-10-4-8(13)5-16-12(10)11/h2-6H,1H3. The molecule has 0 aliphatic carbocycles. The molecular formula is C12H8BrClN4. The van der Waals surface area contributed by atoms with Crippen molar-refractivity contribution in [1.82, 2.24) is 19.7 Å². The van der Waals surface area contributed by atoms with E-state index in [0.717, 1.165) is 26.9 Å². The Hall–Kier alpha value is -1.46. The van der Waals surface area contributed by atoms with Crippen molar-refractivity contribution in [1.29, 1.82) is 0 Å². The molecule has 3 aromatic rings. The maximum absolute atomic E-state index is 6.03. The van der Waals surface area contributed by atoms with E-state index < -0.39 is 0 Å². The molecule has 3 rings (SSSR count). The van der Waals surface area contributed by atoms with Gasteiger partial charge < -0.3 is 0 Å². The molecule has 0 unspecified atom stereocenters. The monoisotopic (exact) mass is 322 g/mol. The van der Waals surface area contributed by atoms with Crippen LogP contribution in [0.4, 0.5) is 0 Å². The molecule has 4 nitrogen and oxygen atoms in total. The Bertz CT molecular complexity index is 719. The van der Waals surface area contributed by atoms with Gasteiger partial charge in [0.1, 0.15) is 5.52 Å². The van der Waals surface area contributed by atoms with Crippen molar-refractivity contribution in [2.45, 2.75) is 6.92 Å². The smallest absolute Gasteiger partial charge is 0.114 e. The summed E-state index contributed by atoms with van der Waals surface area (Å²) in [7, 11) is 0. The minimum Gasteiger partial charge on any atom is -0.254 e. The molecule has 0 aliphatic rings. The van der Waals surface area contributed by atoms with Crippen molar-refractivity contribution in [2.75, 3.05) is 0 Å². The van der Waals surface area contributed by atoms with Gasteiger partial charge >= 0.3 is 0 Å². The van der Waals surface area contributed by atoms with Gasteiger partial charge in [0, 0.05) is 23.1 Å². The molecule has 0 aromatic carbocycles. The van der Waals surface area contributed by atoms with E-state index in [1.54, 1.807) is 23.3 Å². The third-order valence-corrected chi connectivity index (χ3v) is 3.41. The van der Waals surface area contributed by atoms with Crippen LogP contribution in [0.25, 0.3) is 16.7 Å². The first kappa shape index (κ1) is 11.6. The van der Waals surface area contributed by atoms with Crippen LogP contribution in [0.1, 0.15) is 5.69 Å². The molecule has 0 saturated carbocycles. The molecule has 0 radical (unpaired) electrons. The second kappa shape index (κ2) is 4.33. The first-order chi connectivity index (χ1) is 8.65. The molecule has 0 fully saturated rings. The molecule has 3 aromatic heterocycles. The van der Waals surface area contributed by atoms with Crippen molar-refractivity contribution in [3.8, 4) is 5.69 Å². The van der Waals surface area contributed by atoms with Gasteiger partial charge in [0.2, 0.25) is 0 Å². The SMILES string of the molecule is Cc1nn(-c2ccnc3cc(Br)cnc23)cc1Cl. The molecule has 18 heavy (non-hydrogen) atoms. The lowest BCUT2D eigenvalue weighted by Gasteiger charge is -2.05. The van der Waals surface area contributed by atoms with Crippen molar-refractivity contribution in [3.05, 3.63) is 45.9 Å². The lowest BCUT2D eigenvalue weighted by molar-refractivity contribution is 0.865. The van der Waals surface area contributed by atoms with Crippen molar-refractivity contribution < 1.29 is 0 Å². The van der Waals surface area contributed by atoms with Gasteiger partial charge in [-0.1, -0.05) is 11.6 Å². The fraction of sp³-hybridized carbons (Fsp3) is 0.0833. The van der Waals surface area contributed by atoms with E-state index in [4.69, 9.17) is 11.6 Å². The van der Waals surface area contributed by atoms with Crippen molar-refractivity contribution >= 4 is 38.6 Å². The quantitative estimate of drug-likeness (QED) is 0.688. The number of rotatable bonds is 1.